The third kappa shape index (κ3) is 4.05. The van der Waals surface area contributed by atoms with Crippen molar-refractivity contribution in [1.29, 1.82) is 0 Å². The predicted octanol–water partition coefficient (Wildman–Crippen LogP) is 0.122. The number of rotatable bonds is 5. The van der Waals surface area contributed by atoms with Crippen LogP contribution in [0.2, 0.25) is 0 Å². The second-order valence-corrected chi connectivity index (χ2v) is 10.1. The van der Waals surface area contributed by atoms with E-state index in [0.717, 1.165) is 32.1 Å². The first-order chi connectivity index (χ1) is 12.9. The summed E-state index contributed by atoms with van der Waals surface area (Å²) in [7, 11) is -3.45. The fourth-order valence-electron chi connectivity index (χ4n) is 4.21. The molecule has 2 N–H and O–H groups in total. The molecule has 0 radical (unpaired) electrons. The molecule has 0 unspecified atom stereocenters. The number of aryl methyl sites for hydroxylation is 2. The molecule has 4 rings (SSSR count). The topological polar surface area (TPSA) is 70.9 Å². The molecule has 0 spiro atoms. The SMILES string of the molecule is C[C@@H](C(=O)NC1CC1)[NH+]1CCN(S(=O)(=O)c2ccc3c(c2)CCCC3)CC1. The van der Waals surface area contributed by atoms with Crippen LogP contribution in [0.5, 0.6) is 0 Å². The summed E-state index contributed by atoms with van der Waals surface area (Å²) in [5, 5.41) is 3.06. The van der Waals surface area contributed by atoms with E-state index in [9.17, 15) is 13.2 Å². The van der Waals surface area contributed by atoms with Gasteiger partial charge in [-0.05, 0) is 68.7 Å². The molecule has 2 fully saturated rings. The van der Waals surface area contributed by atoms with Crippen molar-refractivity contribution in [2.75, 3.05) is 26.2 Å². The Morgan fingerprint density at radius 3 is 2.48 bits per heavy atom. The van der Waals surface area contributed by atoms with Crippen LogP contribution in [0.4, 0.5) is 0 Å². The van der Waals surface area contributed by atoms with E-state index >= 15 is 0 Å². The van der Waals surface area contributed by atoms with Gasteiger partial charge in [0.15, 0.2) is 6.04 Å². The number of nitrogens with one attached hydrogen (secondary N) is 2. The van der Waals surface area contributed by atoms with Crippen molar-refractivity contribution < 1.29 is 18.1 Å². The van der Waals surface area contributed by atoms with E-state index in [0.29, 0.717) is 37.1 Å². The molecule has 7 heteroatoms. The van der Waals surface area contributed by atoms with Crippen molar-refractivity contribution in [2.24, 2.45) is 0 Å². The van der Waals surface area contributed by atoms with Gasteiger partial charge in [-0.3, -0.25) is 4.79 Å². The summed E-state index contributed by atoms with van der Waals surface area (Å²) in [6.07, 6.45) is 6.53. The van der Waals surface area contributed by atoms with Crippen molar-refractivity contribution in [3.63, 3.8) is 0 Å². The zero-order chi connectivity index (χ0) is 19.0. The summed E-state index contributed by atoms with van der Waals surface area (Å²) in [4.78, 5) is 13.9. The smallest absolute Gasteiger partial charge is 0.278 e. The van der Waals surface area contributed by atoms with Crippen LogP contribution in [-0.2, 0) is 27.7 Å². The minimum atomic E-state index is -3.45. The molecule has 1 heterocycles. The quantitative estimate of drug-likeness (QED) is 0.748. The largest absolute Gasteiger partial charge is 0.348 e. The number of carbonyl (C=O) groups is 1. The Morgan fingerprint density at radius 2 is 1.81 bits per heavy atom. The molecule has 1 aromatic carbocycles. The van der Waals surface area contributed by atoms with Gasteiger partial charge in [-0.1, -0.05) is 6.07 Å². The normalized spacial score (nSPS) is 22.9. The lowest BCUT2D eigenvalue weighted by atomic mass is 9.92. The van der Waals surface area contributed by atoms with Crippen molar-refractivity contribution in [2.45, 2.75) is 62.4 Å². The van der Waals surface area contributed by atoms with Gasteiger partial charge in [-0.2, -0.15) is 4.31 Å². The van der Waals surface area contributed by atoms with Crippen molar-refractivity contribution >= 4 is 15.9 Å². The Labute approximate surface area is 162 Å². The Hall–Kier alpha value is -1.44. The highest BCUT2D eigenvalue weighted by molar-refractivity contribution is 7.89. The number of hydrogen-bond donors (Lipinski definition) is 2. The fraction of sp³-hybridized carbons (Fsp3) is 0.650. The summed E-state index contributed by atoms with van der Waals surface area (Å²) >= 11 is 0. The molecule has 0 aromatic heterocycles. The number of fused-ring (bicyclic) bond motifs is 1. The first-order valence-corrected chi connectivity index (χ1v) is 11.7. The number of carbonyl (C=O) groups excluding carboxylic acids is 1. The van der Waals surface area contributed by atoms with Crippen LogP contribution in [0.3, 0.4) is 0 Å². The minimum Gasteiger partial charge on any atom is -0.348 e. The summed E-state index contributed by atoms with van der Waals surface area (Å²) in [6.45, 7) is 4.22. The number of piperazine rings is 1. The second-order valence-electron chi connectivity index (χ2n) is 8.20. The first-order valence-electron chi connectivity index (χ1n) is 10.2. The molecule has 2 aliphatic carbocycles. The average molecular weight is 393 g/mol. The third-order valence-corrected chi connectivity index (χ3v) is 8.15. The van der Waals surface area contributed by atoms with E-state index in [1.165, 1.54) is 22.4 Å². The number of quaternary nitrogens is 1. The maximum absolute atomic E-state index is 13.1. The molecule has 6 nitrogen and oxygen atoms in total. The van der Waals surface area contributed by atoms with Gasteiger partial charge in [0.2, 0.25) is 10.0 Å². The summed E-state index contributed by atoms with van der Waals surface area (Å²) in [5.74, 6) is 0.0958. The van der Waals surface area contributed by atoms with Crippen LogP contribution in [0.15, 0.2) is 23.1 Å². The lowest BCUT2D eigenvalue weighted by Crippen LogP contribution is -3.19. The number of benzene rings is 1. The van der Waals surface area contributed by atoms with E-state index in [1.807, 2.05) is 19.1 Å². The van der Waals surface area contributed by atoms with Crippen molar-refractivity contribution in [1.82, 2.24) is 9.62 Å². The molecule has 148 valence electrons. The number of sulfonamides is 1. The van der Waals surface area contributed by atoms with Gasteiger partial charge in [-0.25, -0.2) is 8.42 Å². The lowest BCUT2D eigenvalue weighted by molar-refractivity contribution is -0.917. The first kappa shape index (κ1) is 18.9. The van der Waals surface area contributed by atoms with Gasteiger partial charge in [0.1, 0.15) is 0 Å². The number of nitrogens with zero attached hydrogens (tertiary/aromatic N) is 1. The fourth-order valence-corrected chi connectivity index (χ4v) is 5.70. The van der Waals surface area contributed by atoms with E-state index in [2.05, 4.69) is 5.32 Å². The third-order valence-electron chi connectivity index (χ3n) is 6.25. The summed E-state index contributed by atoms with van der Waals surface area (Å²) in [5.41, 5.74) is 2.49. The molecular formula is C20H30N3O3S+. The van der Waals surface area contributed by atoms with Gasteiger partial charge in [0, 0.05) is 6.04 Å². The molecule has 1 amide bonds. The van der Waals surface area contributed by atoms with E-state index < -0.39 is 10.0 Å². The zero-order valence-electron chi connectivity index (χ0n) is 16.0. The molecule has 0 bridgehead atoms. The maximum Gasteiger partial charge on any atom is 0.278 e. The molecule has 1 atom stereocenters. The highest BCUT2D eigenvalue weighted by Crippen LogP contribution is 2.25. The van der Waals surface area contributed by atoms with E-state index in [1.54, 1.807) is 10.4 Å². The highest BCUT2D eigenvalue weighted by atomic mass is 32.2. The standard InChI is InChI=1S/C20H29N3O3S/c1-15(20(24)21-18-7-8-18)22-10-12-23(13-11-22)27(25,26)19-9-6-16-4-2-3-5-17(16)14-19/h6,9,14-15,18H,2-5,7-8,10-13H2,1H3,(H,21,24)/p+1/t15-/m0/s1. The van der Waals surface area contributed by atoms with Crippen LogP contribution in [0, 0.1) is 0 Å². The van der Waals surface area contributed by atoms with Crippen LogP contribution < -0.4 is 10.2 Å². The molecule has 3 aliphatic rings. The maximum atomic E-state index is 13.1. The average Bonchev–Trinajstić information content (AvgIpc) is 3.51. The Bertz CT molecular complexity index is 812. The predicted molar refractivity (Wildman–Crippen MR) is 103 cm³/mol. The Balaban J connectivity index is 1.40. The van der Waals surface area contributed by atoms with Crippen molar-refractivity contribution in [3.05, 3.63) is 29.3 Å². The van der Waals surface area contributed by atoms with Crippen LogP contribution in [-0.4, -0.2) is 56.9 Å². The summed E-state index contributed by atoms with van der Waals surface area (Å²) < 4.78 is 27.7. The van der Waals surface area contributed by atoms with Gasteiger partial charge >= 0.3 is 0 Å². The highest BCUT2D eigenvalue weighted by Gasteiger charge is 2.36. The molecule has 1 aromatic rings. The molecule has 1 aliphatic heterocycles. The Morgan fingerprint density at radius 1 is 1.15 bits per heavy atom. The van der Waals surface area contributed by atoms with Gasteiger partial charge in [0.25, 0.3) is 5.91 Å². The van der Waals surface area contributed by atoms with Crippen LogP contribution >= 0.6 is 0 Å². The van der Waals surface area contributed by atoms with E-state index in [-0.39, 0.29) is 11.9 Å². The van der Waals surface area contributed by atoms with E-state index in [4.69, 9.17) is 0 Å². The lowest BCUT2D eigenvalue weighted by Gasteiger charge is -2.34. The zero-order valence-corrected chi connectivity index (χ0v) is 16.9. The number of hydrogen-bond acceptors (Lipinski definition) is 3. The Kier molecular flexibility index (Phi) is 5.27. The van der Waals surface area contributed by atoms with Crippen molar-refractivity contribution in [3.8, 4) is 0 Å². The molecule has 1 saturated carbocycles. The second kappa shape index (κ2) is 7.53. The monoisotopic (exact) mass is 392 g/mol. The minimum absolute atomic E-state index is 0.0958. The number of amides is 1. The van der Waals surface area contributed by atoms with Crippen LogP contribution in [0.25, 0.3) is 0 Å². The summed E-state index contributed by atoms with van der Waals surface area (Å²) in [6, 6.07) is 5.89. The molecule has 1 saturated heterocycles. The van der Waals surface area contributed by atoms with Gasteiger partial charge in [0.05, 0.1) is 31.1 Å². The van der Waals surface area contributed by atoms with Gasteiger partial charge in [-0.15, -0.1) is 0 Å². The molecular weight excluding hydrogens is 362 g/mol. The van der Waals surface area contributed by atoms with Gasteiger partial charge < -0.3 is 10.2 Å². The molecule has 27 heavy (non-hydrogen) atoms. The van der Waals surface area contributed by atoms with Crippen LogP contribution in [0.1, 0.15) is 43.7 Å².